The van der Waals surface area contributed by atoms with Crippen LogP contribution in [0.2, 0.25) is 5.02 Å². The molecule has 5 nitrogen and oxygen atoms in total. The van der Waals surface area contributed by atoms with Crippen molar-refractivity contribution in [2.24, 2.45) is 5.10 Å². The summed E-state index contributed by atoms with van der Waals surface area (Å²) in [6, 6.07) is 10.8. The average Bonchev–Trinajstić information content (AvgIpc) is 2.52. The van der Waals surface area contributed by atoms with Gasteiger partial charge < -0.3 is 5.32 Å². The number of hydrogen-bond acceptors (Lipinski definition) is 3. The number of nitrogens with one attached hydrogen (secondary N) is 2. The molecule has 0 aromatic heterocycles. The second-order valence-corrected chi connectivity index (χ2v) is 5.62. The van der Waals surface area contributed by atoms with Crippen LogP contribution in [0.3, 0.4) is 0 Å². The van der Waals surface area contributed by atoms with Crippen LogP contribution in [-0.2, 0) is 9.59 Å². The Bertz CT molecular complexity index is 746. The Kier molecular flexibility index (Phi) is 5.84. The summed E-state index contributed by atoms with van der Waals surface area (Å²) in [5.74, 6) is -2.48. The SMILES string of the molecule is O=C(N/N=C\c1c(F)cccc1Cl)C(=O)Nc1ccc(Br)cc1. The molecule has 118 valence electrons. The molecule has 0 aliphatic carbocycles. The van der Waals surface area contributed by atoms with Gasteiger partial charge in [-0.05, 0) is 36.4 Å². The van der Waals surface area contributed by atoms with Crippen LogP contribution >= 0.6 is 27.5 Å². The molecule has 2 rings (SSSR count). The van der Waals surface area contributed by atoms with Crippen molar-refractivity contribution in [3.8, 4) is 0 Å². The lowest BCUT2D eigenvalue weighted by molar-refractivity contribution is -0.136. The van der Waals surface area contributed by atoms with E-state index in [2.05, 4.69) is 26.3 Å². The van der Waals surface area contributed by atoms with Crippen molar-refractivity contribution in [3.63, 3.8) is 0 Å². The third-order valence-electron chi connectivity index (χ3n) is 2.67. The van der Waals surface area contributed by atoms with Crippen LogP contribution in [0.15, 0.2) is 52.0 Å². The normalized spacial score (nSPS) is 10.6. The molecular formula is C15H10BrClFN3O2. The summed E-state index contributed by atoms with van der Waals surface area (Å²) in [4.78, 5) is 23.3. The van der Waals surface area contributed by atoms with Crippen LogP contribution in [0, 0.1) is 5.82 Å². The summed E-state index contributed by atoms with van der Waals surface area (Å²) in [6.45, 7) is 0. The van der Waals surface area contributed by atoms with Crippen LogP contribution < -0.4 is 10.7 Å². The first-order chi connectivity index (χ1) is 11.0. The molecule has 0 fully saturated rings. The number of hydrazone groups is 1. The van der Waals surface area contributed by atoms with Gasteiger partial charge in [-0.25, -0.2) is 9.82 Å². The van der Waals surface area contributed by atoms with E-state index in [4.69, 9.17) is 11.6 Å². The predicted octanol–water partition coefficient (Wildman–Crippen LogP) is 3.33. The van der Waals surface area contributed by atoms with E-state index >= 15 is 0 Å². The minimum Gasteiger partial charge on any atom is -0.318 e. The van der Waals surface area contributed by atoms with Crippen molar-refractivity contribution in [1.29, 1.82) is 0 Å². The quantitative estimate of drug-likeness (QED) is 0.473. The average molecular weight is 399 g/mol. The standard InChI is InChI=1S/C15H10BrClFN3O2/c16-9-4-6-10(7-5-9)20-14(22)15(23)21-19-8-11-12(17)2-1-3-13(11)18/h1-8H,(H,20,22)(H,21,23)/b19-8-. The number of carbonyl (C=O) groups is 2. The maximum Gasteiger partial charge on any atom is 0.329 e. The van der Waals surface area contributed by atoms with Crippen LogP contribution in [-0.4, -0.2) is 18.0 Å². The predicted molar refractivity (Wildman–Crippen MR) is 89.9 cm³/mol. The Balaban J connectivity index is 1.95. The zero-order valence-corrected chi connectivity index (χ0v) is 13.9. The Morgan fingerprint density at radius 2 is 1.83 bits per heavy atom. The van der Waals surface area contributed by atoms with E-state index in [-0.39, 0.29) is 10.6 Å². The van der Waals surface area contributed by atoms with Gasteiger partial charge in [0.15, 0.2) is 0 Å². The molecule has 0 aliphatic heterocycles. The molecule has 0 spiro atoms. The smallest absolute Gasteiger partial charge is 0.318 e. The molecule has 23 heavy (non-hydrogen) atoms. The van der Waals surface area contributed by atoms with Gasteiger partial charge in [-0.1, -0.05) is 33.6 Å². The molecule has 0 radical (unpaired) electrons. The summed E-state index contributed by atoms with van der Waals surface area (Å²) >= 11 is 9.06. The molecule has 2 aromatic rings. The highest BCUT2D eigenvalue weighted by Gasteiger charge is 2.13. The first-order valence-corrected chi connectivity index (χ1v) is 7.48. The number of nitrogens with zero attached hydrogens (tertiary/aromatic N) is 1. The van der Waals surface area contributed by atoms with Gasteiger partial charge in [-0.15, -0.1) is 0 Å². The molecule has 0 saturated heterocycles. The fourth-order valence-electron chi connectivity index (χ4n) is 1.56. The number of hydrogen-bond donors (Lipinski definition) is 2. The maximum atomic E-state index is 13.5. The van der Waals surface area contributed by atoms with Crippen molar-refractivity contribution in [2.45, 2.75) is 0 Å². The van der Waals surface area contributed by atoms with E-state index in [0.717, 1.165) is 10.7 Å². The van der Waals surface area contributed by atoms with E-state index in [1.54, 1.807) is 24.3 Å². The second-order valence-electron chi connectivity index (χ2n) is 4.30. The number of carbonyl (C=O) groups excluding carboxylic acids is 2. The first kappa shape index (κ1) is 17.1. The molecule has 0 unspecified atom stereocenters. The van der Waals surface area contributed by atoms with Gasteiger partial charge in [0.25, 0.3) is 0 Å². The zero-order valence-electron chi connectivity index (χ0n) is 11.5. The Morgan fingerprint density at radius 3 is 2.48 bits per heavy atom. The van der Waals surface area contributed by atoms with Gasteiger partial charge in [0.05, 0.1) is 11.2 Å². The van der Waals surface area contributed by atoms with Crippen molar-refractivity contribution in [3.05, 3.63) is 63.3 Å². The number of benzene rings is 2. The summed E-state index contributed by atoms with van der Waals surface area (Å²) < 4.78 is 14.3. The topological polar surface area (TPSA) is 70.6 Å². The van der Waals surface area contributed by atoms with Gasteiger partial charge in [0.2, 0.25) is 0 Å². The molecule has 0 atom stereocenters. The number of rotatable bonds is 3. The van der Waals surface area contributed by atoms with Crippen molar-refractivity contribution >= 4 is 51.2 Å². The highest BCUT2D eigenvalue weighted by Crippen LogP contribution is 2.16. The van der Waals surface area contributed by atoms with Crippen molar-refractivity contribution in [1.82, 2.24) is 5.43 Å². The fourth-order valence-corrected chi connectivity index (χ4v) is 2.04. The second kappa shape index (κ2) is 7.85. The monoisotopic (exact) mass is 397 g/mol. The van der Waals surface area contributed by atoms with E-state index in [9.17, 15) is 14.0 Å². The Hall–Kier alpha value is -2.25. The lowest BCUT2D eigenvalue weighted by atomic mass is 10.2. The third kappa shape index (κ3) is 4.87. The molecule has 0 aliphatic rings. The largest absolute Gasteiger partial charge is 0.329 e. The lowest BCUT2D eigenvalue weighted by Gasteiger charge is -2.04. The molecular weight excluding hydrogens is 389 g/mol. The Morgan fingerprint density at radius 1 is 1.13 bits per heavy atom. The van der Waals surface area contributed by atoms with Gasteiger partial charge in [0, 0.05) is 15.7 Å². The number of amides is 2. The van der Waals surface area contributed by atoms with Crippen LogP contribution in [0.4, 0.5) is 10.1 Å². The maximum absolute atomic E-state index is 13.5. The molecule has 0 saturated carbocycles. The molecule has 0 heterocycles. The fraction of sp³-hybridized carbons (Fsp3) is 0. The summed E-state index contributed by atoms with van der Waals surface area (Å²) in [6.07, 6.45) is 1.03. The van der Waals surface area contributed by atoms with E-state index in [1.807, 2.05) is 5.43 Å². The highest BCUT2D eigenvalue weighted by atomic mass is 79.9. The van der Waals surface area contributed by atoms with Crippen molar-refractivity contribution in [2.75, 3.05) is 5.32 Å². The number of halogens is 3. The molecule has 2 aromatic carbocycles. The van der Waals surface area contributed by atoms with Crippen LogP contribution in [0.1, 0.15) is 5.56 Å². The third-order valence-corrected chi connectivity index (χ3v) is 3.53. The summed E-state index contributed by atoms with van der Waals surface area (Å²) in [5, 5.41) is 6.06. The van der Waals surface area contributed by atoms with E-state index < -0.39 is 17.6 Å². The van der Waals surface area contributed by atoms with Gasteiger partial charge in [-0.2, -0.15) is 5.10 Å². The minimum absolute atomic E-state index is 0.0165. The molecule has 2 amide bonds. The summed E-state index contributed by atoms with van der Waals surface area (Å²) in [5.41, 5.74) is 2.47. The van der Waals surface area contributed by atoms with Crippen LogP contribution in [0.5, 0.6) is 0 Å². The summed E-state index contributed by atoms with van der Waals surface area (Å²) in [7, 11) is 0. The molecule has 8 heteroatoms. The zero-order chi connectivity index (χ0) is 16.8. The number of anilines is 1. The van der Waals surface area contributed by atoms with Gasteiger partial charge in [0.1, 0.15) is 5.82 Å². The van der Waals surface area contributed by atoms with Crippen LogP contribution in [0.25, 0.3) is 0 Å². The van der Waals surface area contributed by atoms with Crippen molar-refractivity contribution < 1.29 is 14.0 Å². The van der Waals surface area contributed by atoms with Gasteiger partial charge in [-0.3, -0.25) is 9.59 Å². The Labute approximate surface area is 144 Å². The van der Waals surface area contributed by atoms with E-state index in [0.29, 0.717) is 5.69 Å². The lowest BCUT2D eigenvalue weighted by Crippen LogP contribution is -2.32. The highest BCUT2D eigenvalue weighted by molar-refractivity contribution is 9.10. The minimum atomic E-state index is -0.989. The van der Waals surface area contributed by atoms with Gasteiger partial charge >= 0.3 is 11.8 Å². The molecule has 2 N–H and O–H groups in total. The molecule has 0 bridgehead atoms. The first-order valence-electron chi connectivity index (χ1n) is 6.31. The van der Waals surface area contributed by atoms with E-state index in [1.165, 1.54) is 18.2 Å².